The molecule has 1 heterocycles. The number of para-hydroxylation sites is 1. The van der Waals surface area contributed by atoms with Crippen LogP contribution in [0.15, 0.2) is 47.8 Å². The molecule has 0 unspecified atom stereocenters. The lowest BCUT2D eigenvalue weighted by molar-refractivity contribution is -0.115. The third-order valence-corrected chi connectivity index (χ3v) is 6.60. The van der Waals surface area contributed by atoms with Gasteiger partial charge in [-0.1, -0.05) is 25.0 Å². The lowest BCUT2D eigenvalue weighted by atomic mass is 10.1. The molecule has 1 aliphatic carbocycles. The molecule has 33 heavy (non-hydrogen) atoms. The second kappa shape index (κ2) is 10.5. The van der Waals surface area contributed by atoms with Crippen LogP contribution in [-0.4, -0.2) is 37.1 Å². The normalized spacial score (nSPS) is 13.5. The van der Waals surface area contributed by atoms with Crippen molar-refractivity contribution in [2.45, 2.75) is 38.1 Å². The van der Waals surface area contributed by atoms with Gasteiger partial charge in [0.2, 0.25) is 5.91 Å². The quantitative estimate of drug-likeness (QED) is 0.504. The molecule has 0 aliphatic heterocycles. The van der Waals surface area contributed by atoms with Gasteiger partial charge < -0.3 is 20.1 Å². The van der Waals surface area contributed by atoms with E-state index >= 15 is 0 Å². The highest BCUT2D eigenvalue weighted by Crippen LogP contribution is 2.33. The van der Waals surface area contributed by atoms with Gasteiger partial charge in [0.15, 0.2) is 11.5 Å². The molecule has 0 radical (unpaired) electrons. The van der Waals surface area contributed by atoms with Crippen LogP contribution in [0.25, 0.3) is 10.6 Å². The number of methoxy groups -OCH3 is 2. The van der Waals surface area contributed by atoms with E-state index in [2.05, 4.69) is 15.6 Å². The fraction of sp³-hybridized carbons (Fsp3) is 0.320. The van der Waals surface area contributed by atoms with Crippen molar-refractivity contribution in [1.29, 1.82) is 0 Å². The van der Waals surface area contributed by atoms with E-state index < -0.39 is 0 Å². The van der Waals surface area contributed by atoms with E-state index in [1.54, 1.807) is 38.5 Å². The molecule has 1 saturated carbocycles. The van der Waals surface area contributed by atoms with E-state index in [1.807, 2.05) is 23.6 Å². The molecule has 2 amide bonds. The number of hydrogen-bond acceptors (Lipinski definition) is 6. The van der Waals surface area contributed by atoms with Crippen molar-refractivity contribution in [3.8, 4) is 22.1 Å². The number of nitrogens with one attached hydrogen (secondary N) is 2. The van der Waals surface area contributed by atoms with Crippen molar-refractivity contribution in [3.05, 3.63) is 59.1 Å². The Morgan fingerprint density at radius 3 is 2.58 bits per heavy atom. The summed E-state index contributed by atoms with van der Waals surface area (Å²) in [5.41, 5.74) is 2.53. The molecule has 172 valence electrons. The average molecular weight is 466 g/mol. The van der Waals surface area contributed by atoms with Crippen molar-refractivity contribution in [2.75, 3.05) is 19.5 Å². The Morgan fingerprint density at radius 2 is 1.82 bits per heavy atom. The van der Waals surface area contributed by atoms with Gasteiger partial charge in [-0.3, -0.25) is 9.59 Å². The van der Waals surface area contributed by atoms with Crippen LogP contribution < -0.4 is 20.1 Å². The van der Waals surface area contributed by atoms with E-state index in [1.165, 1.54) is 11.3 Å². The van der Waals surface area contributed by atoms with Crippen molar-refractivity contribution < 1.29 is 19.1 Å². The molecule has 0 saturated heterocycles. The number of benzene rings is 2. The number of thiazole rings is 1. The lowest BCUT2D eigenvalue weighted by Gasteiger charge is -2.15. The zero-order valence-corrected chi connectivity index (χ0v) is 19.5. The minimum Gasteiger partial charge on any atom is -0.493 e. The van der Waals surface area contributed by atoms with E-state index in [0.29, 0.717) is 28.4 Å². The summed E-state index contributed by atoms with van der Waals surface area (Å²) in [7, 11) is 3.18. The van der Waals surface area contributed by atoms with E-state index in [0.717, 1.165) is 36.3 Å². The molecular weight excluding hydrogens is 438 g/mol. The summed E-state index contributed by atoms with van der Waals surface area (Å²) in [6.45, 7) is 0. The van der Waals surface area contributed by atoms with Gasteiger partial charge in [0.25, 0.3) is 5.91 Å². The van der Waals surface area contributed by atoms with Crippen LogP contribution >= 0.6 is 11.3 Å². The molecule has 4 rings (SSSR count). The van der Waals surface area contributed by atoms with Crippen molar-refractivity contribution >= 4 is 28.8 Å². The minimum absolute atomic E-state index is 0.113. The molecular formula is C25H27N3O4S. The van der Waals surface area contributed by atoms with Crippen molar-refractivity contribution in [3.63, 3.8) is 0 Å². The molecule has 8 heteroatoms. The smallest absolute Gasteiger partial charge is 0.253 e. The van der Waals surface area contributed by atoms with Gasteiger partial charge >= 0.3 is 0 Å². The molecule has 1 aliphatic rings. The van der Waals surface area contributed by atoms with Gasteiger partial charge in [-0.2, -0.15) is 0 Å². The lowest BCUT2D eigenvalue weighted by Crippen LogP contribution is -2.33. The predicted molar refractivity (Wildman–Crippen MR) is 129 cm³/mol. The Kier molecular flexibility index (Phi) is 7.24. The number of carbonyl (C=O) groups excluding carboxylic acids is 2. The highest BCUT2D eigenvalue weighted by atomic mass is 32.1. The number of hydrogen-bond donors (Lipinski definition) is 2. The Labute approximate surface area is 197 Å². The highest BCUT2D eigenvalue weighted by molar-refractivity contribution is 7.13. The van der Waals surface area contributed by atoms with Gasteiger partial charge in [-0.05, 0) is 43.2 Å². The van der Waals surface area contributed by atoms with Gasteiger partial charge in [-0.25, -0.2) is 4.98 Å². The largest absolute Gasteiger partial charge is 0.493 e. The molecule has 1 aromatic heterocycles. The Bertz CT molecular complexity index is 1140. The standard InChI is InChI=1S/C25H27N3O4S/c1-31-21-12-11-16(13-22(21)32-2)25-27-18(15-33-25)14-23(29)28-20-10-6-5-9-19(20)24(30)26-17-7-3-4-8-17/h5-6,9-13,15,17H,3-4,7-8,14H2,1-2H3,(H,26,30)(H,28,29). The molecule has 7 nitrogen and oxygen atoms in total. The first-order chi connectivity index (χ1) is 16.1. The molecule has 1 fully saturated rings. The molecule has 2 aromatic carbocycles. The van der Waals surface area contributed by atoms with Crippen LogP contribution in [-0.2, 0) is 11.2 Å². The Hall–Kier alpha value is -3.39. The zero-order chi connectivity index (χ0) is 23.2. The van der Waals surface area contributed by atoms with Gasteiger partial charge in [0.05, 0.1) is 37.6 Å². The summed E-state index contributed by atoms with van der Waals surface area (Å²) in [5, 5.41) is 8.61. The van der Waals surface area contributed by atoms with Crippen LogP contribution in [0, 0.1) is 0 Å². The van der Waals surface area contributed by atoms with Crippen LogP contribution in [0.1, 0.15) is 41.7 Å². The SMILES string of the molecule is COc1ccc(-c2nc(CC(=O)Nc3ccccc3C(=O)NC3CCCC3)cs2)cc1OC. The Morgan fingerprint density at radius 1 is 1.06 bits per heavy atom. The fourth-order valence-electron chi connectivity index (χ4n) is 3.97. The van der Waals surface area contributed by atoms with Gasteiger partial charge in [0, 0.05) is 17.0 Å². The highest BCUT2D eigenvalue weighted by Gasteiger charge is 2.20. The van der Waals surface area contributed by atoms with Crippen LogP contribution in [0.5, 0.6) is 11.5 Å². The maximum atomic E-state index is 12.7. The number of carbonyl (C=O) groups is 2. The fourth-order valence-corrected chi connectivity index (χ4v) is 4.79. The number of nitrogens with zero attached hydrogens (tertiary/aromatic N) is 1. The second-order valence-corrected chi connectivity index (χ2v) is 8.80. The summed E-state index contributed by atoms with van der Waals surface area (Å²) in [6.07, 6.45) is 4.41. The van der Waals surface area contributed by atoms with Gasteiger partial charge in [0.1, 0.15) is 5.01 Å². The molecule has 0 atom stereocenters. The average Bonchev–Trinajstić information content (AvgIpc) is 3.51. The number of ether oxygens (including phenoxy) is 2. The third kappa shape index (κ3) is 5.51. The topological polar surface area (TPSA) is 89.5 Å². The van der Waals surface area contributed by atoms with Crippen LogP contribution in [0.3, 0.4) is 0 Å². The summed E-state index contributed by atoms with van der Waals surface area (Å²) in [4.78, 5) is 30.0. The molecule has 0 bridgehead atoms. The van der Waals surface area contributed by atoms with Crippen LogP contribution in [0.4, 0.5) is 5.69 Å². The first-order valence-corrected chi connectivity index (χ1v) is 11.8. The first-order valence-electron chi connectivity index (χ1n) is 10.9. The summed E-state index contributed by atoms with van der Waals surface area (Å²) >= 11 is 1.46. The third-order valence-electron chi connectivity index (χ3n) is 5.66. The molecule has 0 spiro atoms. The zero-order valence-electron chi connectivity index (χ0n) is 18.7. The minimum atomic E-state index is -0.222. The first kappa shape index (κ1) is 22.8. The second-order valence-electron chi connectivity index (χ2n) is 7.94. The maximum absolute atomic E-state index is 12.7. The summed E-state index contributed by atoms with van der Waals surface area (Å²) < 4.78 is 10.6. The number of aromatic nitrogens is 1. The van der Waals surface area contributed by atoms with Crippen molar-refractivity contribution in [2.24, 2.45) is 0 Å². The maximum Gasteiger partial charge on any atom is 0.253 e. The monoisotopic (exact) mass is 465 g/mol. The number of anilines is 1. The predicted octanol–water partition coefficient (Wildman–Crippen LogP) is 4.68. The number of rotatable bonds is 8. The van der Waals surface area contributed by atoms with E-state index in [-0.39, 0.29) is 24.3 Å². The molecule has 2 N–H and O–H groups in total. The van der Waals surface area contributed by atoms with Gasteiger partial charge in [-0.15, -0.1) is 11.3 Å². The van der Waals surface area contributed by atoms with E-state index in [4.69, 9.17) is 9.47 Å². The Balaban J connectivity index is 1.42. The van der Waals surface area contributed by atoms with Crippen molar-refractivity contribution in [1.82, 2.24) is 10.3 Å². The van der Waals surface area contributed by atoms with Crippen LogP contribution in [0.2, 0.25) is 0 Å². The summed E-state index contributed by atoms with van der Waals surface area (Å²) in [5.74, 6) is 0.896. The summed E-state index contributed by atoms with van der Waals surface area (Å²) in [6, 6.07) is 12.9. The number of amides is 2. The van der Waals surface area contributed by atoms with E-state index in [9.17, 15) is 9.59 Å². The molecule has 3 aromatic rings.